The smallest absolute Gasteiger partial charge is 0.313 e. The molecular formula is C9H15N3O2. The number of aromatic nitrogens is 3. The zero-order valence-corrected chi connectivity index (χ0v) is 8.64. The van der Waals surface area contributed by atoms with Gasteiger partial charge in [0.2, 0.25) is 0 Å². The largest absolute Gasteiger partial charge is 0.481 e. The van der Waals surface area contributed by atoms with Crippen molar-refractivity contribution in [1.29, 1.82) is 0 Å². The summed E-state index contributed by atoms with van der Waals surface area (Å²) in [5.41, 5.74) is 0. The molecular weight excluding hydrogens is 182 g/mol. The summed E-state index contributed by atoms with van der Waals surface area (Å²) >= 11 is 0. The van der Waals surface area contributed by atoms with Gasteiger partial charge in [-0.15, -0.1) is 0 Å². The molecule has 0 aromatic carbocycles. The molecule has 5 heteroatoms. The van der Waals surface area contributed by atoms with Gasteiger partial charge in [-0.25, -0.2) is 9.67 Å². The van der Waals surface area contributed by atoms with E-state index in [0.29, 0.717) is 18.3 Å². The fourth-order valence-corrected chi connectivity index (χ4v) is 1.21. The van der Waals surface area contributed by atoms with Crippen LogP contribution in [0.4, 0.5) is 0 Å². The van der Waals surface area contributed by atoms with Crippen molar-refractivity contribution >= 4 is 5.97 Å². The van der Waals surface area contributed by atoms with Gasteiger partial charge in [0.1, 0.15) is 18.1 Å². The molecule has 0 aliphatic heterocycles. The number of aliphatic carboxylic acids is 1. The van der Waals surface area contributed by atoms with Crippen LogP contribution in [-0.4, -0.2) is 25.8 Å². The molecule has 1 N–H and O–H groups in total. The summed E-state index contributed by atoms with van der Waals surface area (Å²) in [5, 5.41) is 12.8. The third-order valence-corrected chi connectivity index (χ3v) is 1.94. The van der Waals surface area contributed by atoms with E-state index in [-0.39, 0.29) is 0 Å². The number of carboxylic acid groups (broad SMARTS) is 1. The van der Waals surface area contributed by atoms with Crippen LogP contribution in [0.15, 0.2) is 6.33 Å². The van der Waals surface area contributed by atoms with Gasteiger partial charge in [-0.1, -0.05) is 13.8 Å². The molecule has 0 fully saturated rings. The minimum absolute atomic E-state index is 0.427. The number of carboxylic acids is 1. The molecule has 0 spiro atoms. The van der Waals surface area contributed by atoms with E-state index in [1.165, 1.54) is 6.33 Å². The van der Waals surface area contributed by atoms with Crippen molar-refractivity contribution in [3.63, 3.8) is 0 Å². The minimum Gasteiger partial charge on any atom is -0.481 e. The molecule has 1 heterocycles. The van der Waals surface area contributed by atoms with Crippen LogP contribution >= 0.6 is 0 Å². The standard InChI is InChI=1S/C9H15N3O2/c1-6(2)4-12-8(10-5-11-12)7(3)9(13)14/h5-7H,4H2,1-3H3,(H,13,14). The van der Waals surface area contributed by atoms with Gasteiger partial charge in [0.05, 0.1) is 0 Å². The Morgan fingerprint density at radius 1 is 1.57 bits per heavy atom. The predicted molar refractivity (Wildman–Crippen MR) is 50.9 cm³/mol. The molecule has 0 bridgehead atoms. The highest BCUT2D eigenvalue weighted by atomic mass is 16.4. The molecule has 5 nitrogen and oxygen atoms in total. The summed E-state index contributed by atoms with van der Waals surface area (Å²) in [6.45, 7) is 6.42. The predicted octanol–water partition coefficient (Wildman–Crippen LogP) is 1.12. The molecule has 0 aliphatic rings. The molecule has 1 atom stereocenters. The Bertz CT molecular complexity index is 320. The van der Waals surface area contributed by atoms with E-state index in [4.69, 9.17) is 5.11 Å². The normalized spacial score (nSPS) is 13.1. The quantitative estimate of drug-likeness (QED) is 0.785. The van der Waals surface area contributed by atoms with Gasteiger partial charge in [-0.2, -0.15) is 5.10 Å². The van der Waals surface area contributed by atoms with Crippen molar-refractivity contribution in [3.05, 3.63) is 12.2 Å². The zero-order valence-electron chi connectivity index (χ0n) is 8.64. The molecule has 0 saturated carbocycles. The lowest BCUT2D eigenvalue weighted by Gasteiger charge is -2.10. The van der Waals surface area contributed by atoms with Crippen molar-refractivity contribution in [3.8, 4) is 0 Å². The highest BCUT2D eigenvalue weighted by Gasteiger charge is 2.19. The Hall–Kier alpha value is -1.39. The van der Waals surface area contributed by atoms with Gasteiger partial charge >= 0.3 is 5.97 Å². The molecule has 14 heavy (non-hydrogen) atoms. The maximum Gasteiger partial charge on any atom is 0.313 e. The summed E-state index contributed by atoms with van der Waals surface area (Å²) in [6, 6.07) is 0. The second kappa shape index (κ2) is 4.21. The number of hydrogen-bond acceptors (Lipinski definition) is 3. The van der Waals surface area contributed by atoms with Gasteiger partial charge in [0.15, 0.2) is 0 Å². The van der Waals surface area contributed by atoms with Crippen LogP contribution in [0.3, 0.4) is 0 Å². The molecule has 1 rings (SSSR count). The Morgan fingerprint density at radius 2 is 2.21 bits per heavy atom. The zero-order chi connectivity index (χ0) is 10.7. The van der Waals surface area contributed by atoms with E-state index in [1.807, 2.05) is 0 Å². The Morgan fingerprint density at radius 3 is 2.71 bits per heavy atom. The van der Waals surface area contributed by atoms with Crippen LogP contribution in [-0.2, 0) is 11.3 Å². The summed E-state index contributed by atoms with van der Waals surface area (Å²) in [4.78, 5) is 14.7. The van der Waals surface area contributed by atoms with Gasteiger partial charge in [0, 0.05) is 6.54 Å². The fourth-order valence-electron chi connectivity index (χ4n) is 1.21. The number of nitrogens with zero attached hydrogens (tertiary/aromatic N) is 3. The first-order valence-electron chi connectivity index (χ1n) is 4.63. The first-order valence-corrected chi connectivity index (χ1v) is 4.63. The van der Waals surface area contributed by atoms with E-state index in [0.717, 1.165) is 0 Å². The van der Waals surface area contributed by atoms with Crippen molar-refractivity contribution < 1.29 is 9.90 Å². The number of carbonyl (C=O) groups is 1. The van der Waals surface area contributed by atoms with Gasteiger partial charge in [-0.3, -0.25) is 4.79 Å². The topological polar surface area (TPSA) is 68.0 Å². The fraction of sp³-hybridized carbons (Fsp3) is 0.667. The van der Waals surface area contributed by atoms with Gasteiger partial charge in [-0.05, 0) is 12.8 Å². The molecule has 0 saturated heterocycles. The molecule has 0 amide bonds. The Balaban J connectivity index is 2.86. The van der Waals surface area contributed by atoms with Gasteiger partial charge < -0.3 is 5.11 Å². The maximum atomic E-state index is 10.8. The molecule has 1 aromatic heterocycles. The monoisotopic (exact) mass is 197 g/mol. The highest BCUT2D eigenvalue weighted by molar-refractivity contribution is 5.74. The lowest BCUT2D eigenvalue weighted by atomic mass is 10.1. The maximum absolute atomic E-state index is 10.8. The minimum atomic E-state index is -0.872. The molecule has 1 unspecified atom stereocenters. The second-order valence-corrected chi connectivity index (χ2v) is 3.75. The average molecular weight is 197 g/mol. The van der Waals surface area contributed by atoms with Crippen LogP contribution in [0, 0.1) is 5.92 Å². The molecule has 1 aromatic rings. The van der Waals surface area contributed by atoms with Crippen LogP contribution < -0.4 is 0 Å². The molecule has 0 aliphatic carbocycles. The van der Waals surface area contributed by atoms with E-state index in [9.17, 15) is 4.79 Å². The second-order valence-electron chi connectivity index (χ2n) is 3.75. The van der Waals surface area contributed by atoms with Crippen LogP contribution in [0.25, 0.3) is 0 Å². The summed E-state index contributed by atoms with van der Waals surface area (Å²) in [5.74, 6) is -0.526. The summed E-state index contributed by atoms with van der Waals surface area (Å²) in [6.07, 6.45) is 1.40. The molecule has 78 valence electrons. The number of rotatable bonds is 4. The lowest BCUT2D eigenvalue weighted by Crippen LogP contribution is -2.17. The number of hydrogen-bond donors (Lipinski definition) is 1. The lowest BCUT2D eigenvalue weighted by molar-refractivity contribution is -0.138. The molecule has 0 radical (unpaired) electrons. The first-order chi connectivity index (χ1) is 6.52. The Kier molecular flexibility index (Phi) is 3.22. The van der Waals surface area contributed by atoms with Crippen LogP contribution in [0.1, 0.15) is 32.5 Å². The van der Waals surface area contributed by atoms with E-state index in [2.05, 4.69) is 23.9 Å². The van der Waals surface area contributed by atoms with E-state index < -0.39 is 11.9 Å². The summed E-state index contributed by atoms with van der Waals surface area (Å²) in [7, 11) is 0. The van der Waals surface area contributed by atoms with E-state index in [1.54, 1.807) is 11.6 Å². The van der Waals surface area contributed by atoms with Crippen LogP contribution in [0.2, 0.25) is 0 Å². The van der Waals surface area contributed by atoms with Crippen molar-refractivity contribution in [2.24, 2.45) is 5.92 Å². The Labute approximate surface area is 82.8 Å². The van der Waals surface area contributed by atoms with Crippen molar-refractivity contribution in [2.75, 3.05) is 0 Å². The van der Waals surface area contributed by atoms with E-state index >= 15 is 0 Å². The third kappa shape index (κ3) is 2.31. The summed E-state index contributed by atoms with van der Waals surface area (Å²) < 4.78 is 1.66. The SMILES string of the molecule is CC(C)Cn1ncnc1C(C)C(=O)O. The van der Waals surface area contributed by atoms with Crippen LogP contribution in [0.5, 0.6) is 0 Å². The average Bonchev–Trinajstić information content (AvgIpc) is 2.49. The highest BCUT2D eigenvalue weighted by Crippen LogP contribution is 2.12. The van der Waals surface area contributed by atoms with Crippen molar-refractivity contribution in [2.45, 2.75) is 33.2 Å². The third-order valence-electron chi connectivity index (χ3n) is 1.94. The van der Waals surface area contributed by atoms with Gasteiger partial charge in [0.25, 0.3) is 0 Å². The van der Waals surface area contributed by atoms with Crippen molar-refractivity contribution in [1.82, 2.24) is 14.8 Å². The first kappa shape index (κ1) is 10.7.